The van der Waals surface area contributed by atoms with Gasteiger partial charge in [-0.3, -0.25) is 4.79 Å². The second kappa shape index (κ2) is 2.29. The van der Waals surface area contributed by atoms with Gasteiger partial charge in [0, 0.05) is 16.1 Å². The van der Waals surface area contributed by atoms with E-state index in [0.29, 0.717) is 11.2 Å². The lowest BCUT2D eigenvalue weighted by molar-refractivity contribution is -0.138. The molecule has 3 atom stereocenters. The van der Waals surface area contributed by atoms with Crippen molar-refractivity contribution >= 4 is 17.7 Å². The van der Waals surface area contributed by atoms with Crippen LogP contribution in [-0.4, -0.2) is 16.3 Å². The molecule has 0 radical (unpaired) electrons. The average Bonchev–Trinajstić information content (AvgIpc) is 2.71. The Morgan fingerprint density at radius 3 is 2.92 bits per heavy atom. The molecule has 1 aliphatic carbocycles. The summed E-state index contributed by atoms with van der Waals surface area (Å²) < 4.78 is 0. The van der Waals surface area contributed by atoms with Crippen LogP contribution in [0.2, 0.25) is 0 Å². The first kappa shape index (κ1) is 7.44. The minimum Gasteiger partial charge on any atom is -0.481 e. The fourth-order valence-electron chi connectivity index (χ4n) is 2.10. The fraction of sp³-hybridized carbons (Fsp3) is 0.300. The van der Waals surface area contributed by atoms with Crippen molar-refractivity contribution in [3.8, 4) is 0 Å². The third-order valence-electron chi connectivity index (χ3n) is 2.78. The van der Waals surface area contributed by atoms with Crippen LogP contribution in [0.1, 0.15) is 11.5 Å². The van der Waals surface area contributed by atoms with Crippen LogP contribution >= 0.6 is 11.8 Å². The number of carboxylic acids is 1. The average molecular weight is 192 g/mol. The predicted molar refractivity (Wildman–Crippen MR) is 50.0 cm³/mol. The third-order valence-corrected chi connectivity index (χ3v) is 4.26. The standard InChI is InChI=1S/C10H8O2S/c11-10(12)8-7-5-3-1-2-4-6(5)13-9(7)8/h1-4,7-9H,(H,11,12)/t7-,8+,9-/m0/s1. The Balaban J connectivity index is 1.99. The highest BCUT2D eigenvalue weighted by atomic mass is 32.2. The smallest absolute Gasteiger partial charge is 0.308 e. The number of carbonyl (C=O) groups is 1. The van der Waals surface area contributed by atoms with Gasteiger partial charge >= 0.3 is 5.97 Å². The number of benzene rings is 1. The summed E-state index contributed by atoms with van der Waals surface area (Å²) in [6.07, 6.45) is 0. The van der Waals surface area contributed by atoms with Crippen molar-refractivity contribution in [3.63, 3.8) is 0 Å². The van der Waals surface area contributed by atoms with Crippen LogP contribution in [0.5, 0.6) is 0 Å². The zero-order valence-electron chi connectivity index (χ0n) is 6.81. The van der Waals surface area contributed by atoms with E-state index in [0.717, 1.165) is 0 Å². The molecule has 13 heavy (non-hydrogen) atoms. The highest BCUT2D eigenvalue weighted by Gasteiger charge is 2.60. The van der Waals surface area contributed by atoms with Crippen molar-refractivity contribution in [2.24, 2.45) is 5.92 Å². The maximum atomic E-state index is 10.8. The summed E-state index contributed by atoms with van der Waals surface area (Å²) in [5.41, 5.74) is 1.24. The predicted octanol–water partition coefficient (Wildman–Crippen LogP) is 1.96. The van der Waals surface area contributed by atoms with Gasteiger partial charge in [0.2, 0.25) is 0 Å². The van der Waals surface area contributed by atoms with Gasteiger partial charge in [-0.15, -0.1) is 11.8 Å². The van der Waals surface area contributed by atoms with Crippen molar-refractivity contribution in [2.45, 2.75) is 16.1 Å². The molecule has 1 heterocycles. The van der Waals surface area contributed by atoms with Crippen LogP contribution in [0.3, 0.4) is 0 Å². The Hall–Kier alpha value is -0.960. The molecule has 0 spiro atoms. The van der Waals surface area contributed by atoms with Gasteiger partial charge < -0.3 is 5.11 Å². The van der Waals surface area contributed by atoms with E-state index in [-0.39, 0.29) is 5.92 Å². The van der Waals surface area contributed by atoms with E-state index >= 15 is 0 Å². The van der Waals surface area contributed by atoms with Gasteiger partial charge in [-0.1, -0.05) is 18.2 Å². The molecule has 0 saturated heterocycles. The van der Waals surface area contributed by atoms with Crippen molar-refractivity contribution in [1.29, 1.82) is 0 Å². The maximum Gasteiger partial charge on any atom is 0.308 e. The highest BCUT2D eigenvalue weighted by molar-refractivity contribution is 8.00. The van der Waals surface area contributed by atoms with Crippen LogP contribution in [0.4, 0.5) is 0 Å². The van der Waals surface area contributed by atoms with Gasteiger partial charge in [0.15, 0.2) is 0 Å². The minimum atomic E-state index is -0.642. The summed E-state index contributed by atoms with van der Waals surface area (Å²) in [5.74, 6) is -0.476. The number of fused-ring (bicyclic) bond motifs is 3. The molecule has 2 nitrogen and oxygen atoms in total. The maximum absolute atomic E-state index is 10.8. The van der Waals surface area contributed by atoms with Crippen molar-refractivity contribution < 1.29 is 9.90 Å². The van der Waals surface area contributed by atoms with Crippen molar-refractivity contribution in [2.75, 3.05) is 0 Å². The molecule has 0 amide bonds. The lowest BCUT2D eigenvalue weighted by Gasteiger charge is -2.02. The SMILES string of the molecule is O=C(O)[C@H]1[C@H]2Sc3ccccc3[C@H]21. The fourth-order valence-corrected chi connectivity index (χ4v) is 3.70. The molecule has 0 aromatic heterocycles. The second-order valence-corrected chi connectivity index (χ2v) is 4.73. The van der Waals surface area contributed by atoms with Crippen LogP contribution < -0.4 is 0 Å². The molecule has 1 aromatic carbocycles. The van der Waals surface area contributed by atoms with E-state index < -0.39 is 5.97 Å². The molecule has 1 aliphatic heterocycles. The lowest BCUT2D eigenvalue weighted by atomic mass is 10.1. The summed E-state index contributed by atoms with van der Waals surface area (Å²) in [6, 6.07) is 8.12. The molecule has 1 aromatic rings. The molecule has 1 fully saturated rings. The van der Waals surface area contributed by atoms with Crippen molar-refractivity contribution in [3.05, 3.63) is 29.8 Å². The Morgan fingerprint density at radius 2 is 2.15 bits per heavy atom. The van der Waals surface area contributed by atoms with E-state index in [2.05, 4.69) is 12.1 Å². The van der Waals surface area contributed by atoms with Gasteiger partial charge in [0.1, 0.15) is 0 Å². The summed E-state index contributed by atoms with van der Waals surface area (Å²) in [7, 11) is 0. The van der Waals surface area contributed by atoms with Crippen LogP contribution in [0, 0.1) is 5.92 Å². The molecule has 2 aliphatic rings. The molecule has 66 valence electrons. The van der Waals surface area contributed by atoms with E-state index in [4.69, 9.17) is 5.11 Å². The minimum absolute atomic E-state index is 0.125. The molecular weight excluding hydrogens is 184 g/mol. The zero-order chi connectivity index (χ0) is 9.00. The Kier molecular flexibility index (Phi) is 1.31. The molecule has 1 N–H and O–H groups in total. The first-order valence-corrected chi connectivity index (χ1v) is 5.15. The van der Waals surface area contributed by atoms with E-state index in [9.17, 15) is 4.79 Å². The van der Waals surface area contributed by atoms with E-state index in [1.54, 1.807) is 11.8 Å². The van der Waals surface area contributed by atoms with E-state index in [1.165, 1.54) is 10.5 Å². The molecule has 0 bridgehead atoms. The first-order chi connectivity index (χ1) is 6.29. The topological polar surface area (TPSA) is 37.3 Å². The monoisotopic (exact) mass is 192 g/mol. The number of hydrogen-bond donors (Lipinski definition) is 1. The van der Waals surface area contributed by atoms with Gasteiger partial charge in [-0.25, -0.2) is 0 Å². The number of thioether (sulfide) groups is 1. The number of carboxylic acid groups (broad SMARTS) is 1. The van der Waals surface area contributed by atoms with Crippen molar-refractivity contribution in [1.82, 2.24) is 0 Å². The van der Waals surface area contributed by atoms with Gasteiger partial charge in [0.05, 0.1) is 5.92 Å². The molecule has 0 unspecified atom stereocenters. The lowest BCUT2D eigenvalue weighted by Crippen LogP contribution is -2.02. The Bertz CT molecular complexity index is 388. The van der Waals surface area contributed by atoms with Crippen LogP contribution in [0.25, 0.3) is 0 Å². The second-order valence-electron chi connectivity index (χ2n) is 3.51. The van der Waals surface area contributed by atoms with Gasteiger partial charge in [-0.05, 0) is 11.6 Å². The number of aliphatic carboxylic acids is 1. The summed E-state index contributed by atoms with van der Waals surface area (Å²) >= 11 is 1.72. The highest BCUT2D eigenvalue weighted by Crippen LogP contribution is 2.64. The quantitative estimate of drug-likeness (QED) is 0.739. The number of rotatable bonds is 1. The van der Waals surface area contributed by atoms with Crippen LogP contribution in [-0.2, 0) is 4.79 Å². The number of hydrogen-bond acceptors (Lipinski definition) is 2. The Labute approximate surface area is 80.0 Å². The zero-order valence-corrected chi connectivity index (χ0v) is 7.62. The first-order valence-electron chi connectivity index (χ1n) is 4.27. The van der Waals surface area contributed by atoms with Crippen LogP contribution in [0.15, 0.2) is 29.2 Å². The molecule has 3 heteroatoms. The van der Waals surface area contributed by atoms with Gasteiger partial charge in [0.25, 0.3) is 0 Å². The Morgan fingerprint density at radius 1 is 1.38 bits per heavy atom. The largest absolute Gasteiger partial charge is 0.481 e. The van der Waals surface area contributed by atoms with E-state index in [1.807, 2.05) is 12.1 Å². The third kappa shape index (κ3) is 0.879. The normalized spacial score (nSPS) is 33.7. The summed E-state index contributed by atoms with van der Waals surface area (Å²) in [6.45, 7) is 0. The molecule has 3 rings (SSSR count). The molecular formula is C10H8O2S. The van der Waals surface area contributed by atoms with Gasteiger partial charge in [-0.2, -0.15) is 0 Å². The summed E-state index contributed by atoms with van der Waals surface area (Å²) in [4.78, 5) is 12.0. The molecule has 1 saturated carbocycles. The summed E-state index contributed by atoms with van der Waals surface area (Å²) in [5, 5.41) is 9.19.